The highest BCUT2D eigenvalue weighted by Crippen LogP contribution is 2.20. The van der Waals surface area contributed by atoms with Crippen LogP contribution in [0, 0.1) is 0 Å². The van der Waals surface area contributed by atoms with E-state index in [0.717, 1.165) is 24.3 Å². The van der Waals surface area contributed by atoms with E-state index in [1.807, 2.05) is 24.3 Å². The third-order valence-electron chi connectivity index (χ3n) is 3.87. The molecule has 0 aliphatic heterocycles. The molecule has 0 spiro atoms. The fourth-order valence-corrected chi connectivity index (χ4v) is 2.63. The molecule has 3 heteroatoms. The first-order chi connectivity index (χ1) is 9.88. The summed E-state index contributed by atoms with van der Waals surface area (Å²) >= 11 is 0. The first-order valence-electron chi connectivity index (χ1n) is 7.92. The maximum absolute atomic E-state index is 5.94. The predicted octanol–water partition coefficient (Wildman–Crippen LogP) is 3.65. The van der Waals surface area contributed by atoms with Crippen molar-refractivity contribution in [2.75, 3.05) is 13.2 Å². The van der Waals surface area contributed by atoms with Crippen LogP contribution in [-0.4, -0.2) is 19.3 Å². The van der Waals surface area contributed by atoms with Gasteiger partial charge in [-0.05, 0) is 30.5 Å². The average Bonchev–Trinajstić information content (AvgIpc) is 2.76. The van der Waals surface area contributed by atoms with Gasteiger partial charge < -0.3 is 15.2 Å². The van der Waals surface area contributed by atoms with Gasteiger partial charge in [-0.1, -0.05) is 37.8 Å². The summed E-state index contributed by atoms with van der Waals surface area (Å²) in [4.78, 5) is 0. The molecule has 1 fully saturated rings. The fraction of sp³-hybridized carbons (Fsp3) is 0.647. The molecule has 112 valence electrons. The van der Waals surface area contributed by atoms with E-state index in [-0.39, 0.29) is 0 Å². The molecule has 1 aromatic carbocycles. The Balaban J connectivity index is 1.56. The molecule has 0 radical (unpaired) electrons. The topological polar surface area (TPSA) is 44.5 Å². The summed E-state index contributed by atoms with van der Waals surface area (Å²) < 4.78 is 11.6. The van der Waals surface area contributed by atoms with Gasteiger partial charge in [0.15, 0.2) is 0 Å². The van der Waals surface area contributed by atoms with Gasteiger partial charge in [-0.2, -0.15) is 0 Å². The Morgan fingerprint density at radius 2 is 1.65 bits per heavy atom. The molecular formula is C17H27NO2. The molecule has 3 nitrogen and oxygen atoms in total. The van der Waals surface area contributed by atoms with Crippen molar-refractivity contribution in [3.8, 4) is 5.75 Å². The van der Waals surface area contributed by atoms with Crippen LogP contribution in [0.15, 0.2) is 24.3 Å². The van der Waals surface area contributed by atoms with Crippen molar-refractivity contribution < 1.29 is 9.47 Å². The Kier molecular flexibility index (Phi) is 6.89. The van der Waals surface area contributed by atoms with Crippen LogP contribution in [0.5, 0.6) is 5.75 Å². The Bertz CT molecular complexity index is 356. The SMILES string of the molecule is NCc1ccc(OCCCOC2CCCCCC2)cc1. The van der Waals surface area contributed by atoms with Crippen LogP contribution < -0.4 is 10.5 Å². The lowest BCUT2D eigenvalue weighted by molar-refractivity contribution is 0.0364. The molecule has 0 atom stereocenters. The summed E-state index contributed by atoms with van der Waals surface area (Å²) in [5.41, 5.74) is 6.70. The zero-order valence-electron chi connectivity index (χ0n) is 12.4. The predicted molar refractivity (Wildman–Crippen MR) is 81.9 cm³/mol. The molecule has 0 heterocycles. The number of rotatable bonds is 7. The smallest absolute Gasteiger partial charge is 0.119 e. The maximum atomic E-state index is 5.94. The van der Waals surface area contributed by atoms with Crippen molar-refractivity contribution in [3.05, 3.63) is 29.8 Å². The Morgan fingerprint density at radius 1 is 0.950 bits per heavy atom. The van der Waals surface area contributed by atoms with Crippen LogP contribution in [0.3, 0.4) is 0 Å². The summed E-state index contributed by atoms with van der Waals surface area (Å²) in [6, 6.07) is 7.98. The van der Waals surface area contributed by atoms with Crippen molar-refractivity contribution in [3.63, 3.8) is 0 Å². The molecule has 0 bridgehead atoms. The van der Waals surface area contributed by atoms with E-state index in [2.05, 4.69) is 0 Å². The molecule has 20 heavy (non-hydrogen) atoms. The van der Waals surface area contributed by atoms with E-state index in [1.54, 1.807) is 0 Å². The van der Waals surface area contributed by atoms with Gasteiger partial charge in [0, 0.05) is 13.0 Å². The summed E-state index contributed by atoms with van der Waals surface area (Å²) in [5, 5.41) is 0. The third-order valence-corrected chi connectivity index (χ3v) is 3.87. The molecule has 1 aromatic rings. The van der Waals surface area contributed by atoms with Gasteiger partial charge in [0.05, 0.1) is 19.3 Å². The molecular weight excluding hydrogens is 250 g/mol. The second-order valence-electron chi connectivity index (χ2n) is 5.53. The second-order valence-corrected chi connectivity index (χ2v) is 5.53. The summed E-state index contributed by atoms with van der Waals surface area (Å²) in [6.45, 7) is 2.11. The van der Waals surface area contributed by atoms with Crippen molar-refractivity contribution in [1.82, 2.24) is 0 Å². The van der Waals surface area contributed by atoms with Gasteiger partial charge in [-0.15, -0.1) is 0 Å². The lowest BCUT2D eigenvalue weighted by Gasteiger charge is -2.15. The third kappa shape index (κ3) is 5.51. The van der Waals surface area contributed by atoms with Gasteiger partial charge in [0.2, 0.25) is 0 Å². The zero-order valence-corrected chi connectivity index (χ0v) is 12.4. The number of ether oxygens (including phenoxy) is 2. The Labute approximate surface area is 122 Å². The van der Waals surface area contributed by atoms with Gasteiger partial charge in [-0.25, -0.2) is 0 Å². The van der Waals surface area contributed by atoms with Crippen LogP contribution in [-0.2, 0) is 11.3 Å². The van der Waals surface area contributed by atoms with E-state index < -0.39 is 0 Å². The minimum Gasteiger partial charge on any atom is -0.494 e. The van der Waals surface area contributed by atoms with Crippen LogP contribution in [0.2, 0.25) is 0 Å². The average molecular weight is 277 g/mol. The van der Waals surface area contributed by atoms with Gasteiger partial charge >= 0.3 is 0 Å². The summed E-state index contributed by atoms with van der Waals surface area (Å²) in [6.07, 6.45) is 9.33. The van der Waals surface area contributed by atoms with Crippen LogP contribution >= 0.6 is 0 Å². The highest BCUT2D eigenvalue weighted by atomic mass is 16.5. The monoisotopic (exact) mass is 277 g/mol. The molecule has 1 saturated carbocycles. The summed E-state index contributed by atoms with van der Waals surface area (Å²) in [5.74, 6) is 0.914. The Morgan fingerprint density at radius 3 is 2.30 bits per heavy atom. The standard InChI is InChI=1S/C17H27NO2/c18-14-15-8-10-17(11-9-15)20-13-5-12-19-16-6-3-1-2-4-7-16/h8-11,16H,1-7,12-14,18H2. The normalized spacial score (nSPS) is 16.9. The minimum absolute atomic E-state index is 0.487. The van der Waals surface area contributed by atoms with Crippen molar-refractivity contribution in [2.24, 2.45) is 5.73 Å². The van der Waals surface area contributed by atoms with Gasteiger partial charge in [-0.3, -0.25) is 0 Å². The lowest BCUT2D eigenvalue weighted by Crippen LogP contribution is -2.14. The van der Waals surface area contributed by atoms with E-state index in [0.29, 0.717) is 19.3 Å². The highest BCUT2D eigenvalue weighted by Gasteiger charge is 2.11. The van der Waals surface area contributed by atoms with E-state index >= 15 is 0 Å². The molecule has 2 rings (SSSR count). The Hall–Kier alpha value is -1.06. The molecule has 1 aliphatic carbocycles. The first kappa shape index (κ1) is 15.3. The molecule has 0 saturated heterocycles. The fourth-order valence-electron chi connectivity index (χ4n) is 2.63. The largest absolute Gasteiger partial charge is 0.494 e. The lowest BCUT2D eigenvalue weighted by atomic mass is 10.1. The first-order valence-corrected chi connectivity index (χ1v) is 7.92. The molecule has 0 unspecified atom stereocenters. The van der Waals surface area contributed by atoms with E-state index in [4.69, 9.17) is 15.2 Å². The van der Waals surface area contributed by atoms with Crippen LogP contribution in [0.25, 0.3) is 0 Å². The van der Waals surface area contributed by atoms with Crippen molar-refractivity contribution in [2.45, 2.75) is 57.6 Å². The van der Waals surface area contributed by atoms with Gasteiger partial charge in [0.1, 0.15) is 5.75 Å². The van der Waals surface area contributed by atoms with Crippen molar-refractivity contribution >= 4 is 0 Å². The van der Waals surface area contributed by atoms with Gasteiger partial charge in [0.25, 0.3) is 0 Å². The molecule has 0 amide bonds. The summed E-state index contributed by atoms with van der Waals surface area (Å²) in [7, 11) is 0. The molecule has 2 N–H and O–H groups in total. The van der Waals surface area contributed by atoms with Crippen LogP contribution in [0.1, 0.15) is 50.5 Å². The highest BCUT2D eigenvalue weighted by molar-refractivity contribution is 5.26. The number of nitrogens with two attached hydrogens (primary N) is 1. The quantitative estimate of drug-likeness (QED) is 0.611. The zero-order chi connectivity index (χ0) is 14.0. The van der Waals surface area contributed by atoms with Crippen molar-refractivity contribution in [1.29, 1.82) is 0 Å². The van der Waals surface area contributed by atoms with Crippen LogP contribution in [0.4, 0.5) is 0 Å². The van der Waals surface area contributed by atoms with E-state index in [1.165, 1.54) is 38.5 Å². The van der Waals surface area contributed by atoms with E-state index in [9.17, 15) is 0 Å². The molecule has 0 aromatic heterocycles. The number of hydrogen-bond acceptors (Lipinski definition) is 3. The second kappa shape index (κ2) is 8.98. The minimum atomic E-state index is 0.487. The number of benzene rings is 1. The molecule has 1 aliphatic rings. The number of hydrogen-bond donors (Lipinski definition) is 1. The maximum Gasteiger partial charge on any atom is 0.119 e.